The molecule has 136 valence electrons. The van der Waals surface area contributed by atoms with Crippen molar-refractivity contribution in [2.45, 2.75) is 13.0 Å². The first-order valence-electron chi connectivity index (χ1n) is 8.46. The predicted octanol–water partition coefficient (Wildman–Crippen LogP) is 4.36. The molecule has 0 aliphatic carbocycles. The van der Waals surface area contributed by atoms with Gasteiger partial charge in [0.1, 0.15) is 12.4 Å². The molecule has 27 heavy (non-hydrogen) atoms. The highest BCUT2D eigenvalue weighted by atomic mass is 19.1. The summed E-state index contributed by atoms with van der Waals surface area (Å²) in [7, 11) is 0. The molecule has 0 atom stereocenters. The maximum atomic E-state index is 13.5. The van der Waals surface area contributed by atoms with Crippen molar-refractivity contribution in [3.05, 3.63) is 101 Å². The number of nitrogens with one attached hydrogen (secondary N) is 1. The lowest BCUT2D eigenvalue weighted by Crippen LogP contribution is -2.12. The molecule has 0 aliphatic rings. The van der Waals surface area contributed by atoms with E-state index < -0.39 is 11.8 Å². The van der Waals surface area contributed by atoms with Crippen molar-refractivity contribution in [2.24, 2.45) is 0 Å². The summed E-state index contributed by atoms with van der Waals surface area (Å²) >= 11 is 0. The second kappa shape index (κ2) is 8.76. The van der Waals surface area contributed by atoms with E-state index in [1.165, 1.54) is 6.07 Å². The lowest BCUT2D eigenvalue weighted by molar-refractivity contribution is -0.144. The Labute approximate surface area is 156 Å². The molecule has 0 radical (unpaired) electrons. The predicted molar refractivity (Wildman–Crippen MR) is 101 cm³/mol. The quantitative estimate of drug-likeness (QED) is 0.662. The van der Waals surface area contributed by atoms with Crippen LogP contribution in [-0.2, 0) is 22.6 Å². The molecule has 3 rings (SSSR count). The number of ether oxygens (including phenoxy) is 1. The number of amides is 1. The Morgan fingerprint density at radius 1 is 0.852 bits per heavy atom. The van der Waals surface area contributed by atoms with Gasteiger partial charge in [0.25, 0.3) is 5.91 Å². The van der Waals surface area contributed by atoms with Crippen molar-refractivity contribution in [1.82, 2.24) is 0 Å². The highest BCUT2D eigenvalue weighted by molar-refractivity contribution is 6.04. The summed E-state index contributed by atoms with van der Waals surface area (Å²) in [5, 5.41) is 2.80. The van der Waals surface area contributed by atoms with Crippen LogP contribution in [0.15, 0.2) is 78.9 Å². The van der Waals surface area contributed by atoms with E-state index in [0.29, 0.717) is 16.8 Å². The highest BCUT2D eigenvalue weighted by Crippen LogP contribution is 2.12. The number of halogens is 1. The van der Waals surface area contributed by atoms with E-state index in [9.17, 15) is 14.0 Å². The molecule has 0 spiro atoms. The average molecular weight is 363 g/mol. The van der Waals surface area contributed by atoms with Gasteiger partial charge in [0.2, 0.25) is 0 Å². The van der Waals surface area contributed by atoms with Crippen LogP contribution in [0.1, 0.15) is 21.5 Å². The zero-order valence-corrected chi connectivity index (χ0v) is 14.5. The van der Waals surface area contributed by atoms with Crippen LogP contribution in [0.25, 0.3) is 0 Å². The summed E-state index contributed by atoms with van der Waals surface area (Å²) in [6.45, 7) is 0.0634. The Morgan fingerprint density at radius 3 is 2.22 bits per heavy atom. The SMILES string of the molecule is O=C(Cc1ccccc1F)OCc1ccc(C(=O)Nc2ccccc2)cc1. The molecular weight excluding hydrogens is 345 g/mol. The molecule has 0 fully saturated rings. The second-order valence-electron chi connectivity index (χ2n) is 5.95. The molecule has 0 unspecified atom stereocenters. The molecule has 1 amide bonds. The maximum Gasteiger partial charge on any atom is 0.310 e. The second-order valence-corrected chi connectivity index (χ2v) is 5.95. The molecule has 0 heterocycles. The molecule has 3 aromatic carbocycles. The zero-order valence-electron chi connectivity index (χ0n) is 14.5. The molecule has 4 nitrogen and oxygen atoms in total. The first kappa shape index (κ1) is 18.3. The van der Waals surface area contributed by atoms with Crippen molar-refractivity contribution >= 4 is 17.6 Å². The van der Waals surface area contributed by atoms with Crippen molar-refractivity contribution in [2.75, 3.05) is 5.32 Å². The van der Waals surface area contributed by atoms with Crippen molar-refractivity contribution < 1.29 is 18.7 Å². The van der Waals surface area contributed by atoms with Gasteiger partial charge in [0, 0.05) is 11.3 Å². The van der Waals surface area contributed by atoms with Gasteiger partial charge in [-0.15, -0.1) is 0 Å². The van der Waals surface area contributed by atoms with Crippen LogP contribution in [0.5, 0.6) is 0 Å². The van der Waals surface area contributed by atoms with Crippen molar-refractivity contribution in [1.29, 1.82) is 0 Å². The van der Waals surface area contributed by atoms with Gasteiger partial charge in [-0.1, -0.05) is 48.5 Å². The third kappa shape index (κ3) is 5.25. The molecule has 0 aromatic heterocycles. The lowest BCUT2D eigenvalue weighted by Gasteiger charge is -2.08. The minimum atomic E-state index is -0.508. The Hall–Kier alpha value is -3.47. The first-order chi connectivity index (χ1) is 13.1. The van der Waals surface area contributed by atoms with Gasteiger partial charge < -0.3 is 10.1 Å². The van der Waals surface area contributed by atoms with E-state index in [4.69, 9.17) is 4.74 Å². The van der Waals surface area contributed by atoms with E-state index in [-0.39, 0.29) is 18.9 Å². The zero-order chi connectivity index (χ0) is 19.1. The summed E-state index contributed by atoms with van der Waals surface area (Å²) in [5.74, 6) is -1.15. The standard InChI is InChI=1S/C22H18FNO3/c23-20-9-5-4-6-18(20)14-21(25)27-15-16-10-12-17(13-11-16)22(26)24-19-7-2-1-3-8-19/h1-13H,14-15H2,(H,24,26). The fourth-order valence-electron chi connectivity index (χ4n) is 2.49. The third-order valence-electron chi connectivity index (χ3n) is 3.94. The number of rotatable bonds is 6. The van der Waals surface area contributed by atoms with Crippen LogP contribution in [-0.4, -0.2) is 11.9 Å². The molecule has 3 aromatic rings. The van der Waals surface area contributed by atoms with E-state index in [2.05, 4.69) is 5.32 Å². The number of hydrogen-bond acceptors (Lipinski definition) is 3. The number of hydrogen-bond donors (Lipinski definition) is 1. The molecule has 0 saturated heterocycles. The Morgan fingerprint density at radius 2 is 1.52 bits per heavy atom. The van der Waals surface area contributed by atoms with Gasteiger partial charge in [-0.05, 0) is 41.5 Å². The minimum absolute atomic E-state index is 0.0634. The normalized spacial score (nSPS) is 10.3. The Bertz CT molecular complexity index is 924. The number of carbonyl (C=O) groups excluding carboxylic acids is 2. The summed E-state index contributed by atoms with van der Waals surface area (Å²) in [6.07, 6.45) is -0.121. The van der Waals surface area contributed by atoms with E-state index in [0.717, 1.165) is 5.56 Å². The minimum Gasteiger partial charge on any atom is -0.461 e. The molecule has 0 aliphatic heterocycles. The molecule has 0 saturated carbocycles. The van der Waals surface area contributed by atoms with E-state index in [1.807, 2.05) is 18.2 Å². The smallest absolute Gasteiger partial charge is 0.310 e. The number of benzene rings is 3. The van der Waals surface area contributed by atoms with E-state index >= 15 is 0 Å². The number of anilines is 1. The summed E-state index contributed by atoms with van der Waals surface area (Å²) in [6, 6.07) is 22.0. The van der Waals surface area contributed by atoms with Crippen LogP contribution in [0.4, 0.5) is 10.1 Å². The van der Waals surface area contributed by atoms with Crippen LogP contribution in [0.2, 0.25) is 0 Å². The highest BCUT2D eigenvalue weighted by Gasteiger charge is 2.10. The Balaban J connectivity index is 1.52. The largest absolute Gasteiger partial charge is 0.461 e. The van der Waals surface area contributed by atoms with Crippen LogP contribution < -0.4 is 5.32 Å². The monoisotopic (exact) mass is 363 g/mol. The summed E-state index contributed by atoms with van der Waals surface area (Å²) in [4.78, 5) is 24.1. The van der Waals surface area contributed by atoms with Crippen molar-refractivity contribution in [3.8, 4) is 0 Å². The fraction of sp³-hybridized carbons (Fsp3) is 0.0909. The third-order valence-corrected chi connectivity index (χ3v) is 3.94. The molecule has 0 bridgehead atoms. The van der Waals surface area contributed by atoms with Crippen molar-refractivity contribution in [3.63, 3.8) is 0 Å². The van der Waals surface area contributed by atoms with Gasteiger partial charge in [0.15, 0.2) is 0 Å². The van der Waals surface area contributed by atoms with E-state index in [1.54, 1.807) is 54.6 Å². The topological polar surface area (TPSA) is 55.4 Å². The number of carbonyl (C=O) groups is 2. The van der Waals surface area contributed by atoms with Crippen LogP contribution in [0, 0.1) is 5.82 Å². The van der Waals surface area contributed by atoms with Gasteiger partial charge in [0.05, 0.1) is 6.42 Å². The van der Waals surface area contributed by atoms with Gasteiger partial charge in [-0.25, -0.2) is 4.39 Å². The van der Waals surface area contributed by atoms with Crippen LogP contribution in [0.3, 0.4) is 0 Å². The fourth-order valence-corrected chi connectivity index (χ4v) is 2.49. The molecule has 1 N–H and O–H groups in total. The van der Waals surface area contributed by atoms with Gasteiger partial charge >= 0.3 is 5.97 Å². The van der Waals surface area contributed by atoms with Gasteiger partial charge in [-0.2, -0.15) is 0 Å². The number of para-hydroxylation sites is 1. The Kier molecular flexibility index (Phi) is 5.94. The van der Waals surface area contributed by atoms with Crippen LogP contribution >= 0.6 is 0 Å². The number of esters is 1. The molecular formula is C22H18FNO3. The summed E-state index contributed by atoms with van der Waals surface area (Å²) < 4.78 is 18.7. The lowest BCUT2D eigenvalue weighted by atomic mass is 10.1. The summed E-state index contributed by atoms with van der Waals surface area (Å²) in [5.41, 5.74) is 2.26. The first-order valence-corrected chi connectivity index (χ1v) is 8.46. The van der Waals surface area contributed by atoms with Gasteiger partial charge in [-0.3, -0.25) is 9.59 Å². The maximum absolute atomic E-state index is 13.5. The average Bonchev–Trinajstić information content (AvgIpc) is 2.69. The molecule has 5 heteroatoms.